The summed E-state index contributed by atoms with van der Waals surface area (Å²) in [5.41, 5.74) is 0. The van der Waals surface area contributed by atoms with Crippen LogP contribution in [0, 0.1) is 11.8 Å². The van der Waals surface area contributed by atoms with Gasteiger partial charge in [-0.3, -0.25) is 4.79 Å². The molecule has 0 aromatic rings. The van der Waals surface area contributed by atoms with Gasteiger partial charge in [0.1, 0.15) is 6.04 Å². The number of carbonyl (C=O) groups excluding carboxylic acids is 1. The zero-order chi connectivity index (χ0) is 14.7. The average molecular weight is 299 g/mol. The molecule has 1 aliphatic carbocycles. The summed E-state index contributed by atoms with van der Waals surface area (Å²) in [5, 5.41) is 9.41. The third-order valence-corrected chi connectivity index (χ3v) is 5.89. The Morgan fingerprint density at radius 1 is 1.25 bits per heavy atom. The van der Waals surface area contributed by atoms with Crippen molar-refractivity contribution in [1.82, 2.24) is 4.90 Å². The number of nitrogens with zero attached hydrogens (tertiary/aromatic N) is 1. The van der Waals surface area contributed by atoms with Gasteiger partial charge in [0, 0.05) is 11.7 Å². The maximum atomic E-state index is 12.8. The lowest BCUT2D eigenvalue weighted by Gasteiger charge is -2.33. The van der Waals surface area contributed by atoms with Crippen molar-refractivity contribution in [3.05, 3.63) is 0 Å². The highest BCUT2D eigenvalue weighted by atomic mass is 32.2. The zero-order valence-corrected chi connectivity index (χ0v) is 13.2. The first-order valence-corrected chi connectivity index (χ1v) is 8.76. The Hall–Kier alpha value is -0.710. The Morgan fingerprint density at radius 3 is 2.45 bits per heavy atom. The van der Waals surface area contributed by atoms with Crippen molar-refractivity contribution in [3.8, 4) is 0 Å². The predicted octanol–water partition coefficient (Wildman–Crippen LogP) is 2.97. The summed E-state index contributed by atoms with van der Waals surface area (Å²) < 4.78 is 0. The van der Waals surface area contributed by atoms with Crippen LogP contribution in [0.1, 0.15) is 52.4 Å². The first-order valence-electron chi connectivity index (χ1n) is 7.71. The Balaban J connectivity index is 2.08. The lowest BCUT2D eigenvalue weighted by Crippen LogP contribution is -2.48. The first-order chi connectivity index (χ1) is 9.54. The van der Waals surface area contributed by atoms with Crippen LogP contribution in [0.3, 0.4) is 0 Å². The number of carbonyl (C=O) groups is 2. The Morgan fingerprint density at radius 2 is 1.90 bits per heavy atom. The Kier molecular flexibility index (Phi) is 5.35. The highest BCUT2D eigenvalue weighted by molar-refractivity contribution is 8.00. The van der Waals surface area contributed by atoms with E-state index in [0.29, 0.717) is 11.7 Å². The van der Waals surface area contributed by atoms with Crippen molar-refractivity contribution >= 4 is 23.6 Å². The molecule has 114 valence electrons. The topological polar surface area (TPSA) is 57.6 Å². The van der Waals surface area contributed by atoms with E-state index in [1.165, 1.54) is 0 Å². The van der Waals surface area contributed by atoms with Crippen LogP contribution in [0.2, 0.25) is 0 Å². The number of carboxylic acids is 1. The minimum atomic E-state index is -0.853. The molecule has 2 fully saturated rings. The molecule has 2 atom stereocenters. The molecule has 0 bridgehead atoms. The number of aliphatic carboxylic acids is 1. The lowest BCUT2D eigenvalue weighted by atomic mass is 9.82. The van der Waals surface area contributed by atoms with E-state index in [1.807, 2.05) is 0 Å². The van der Waals surface area contributed by atoms with Crippen molar-refractivity contribution in [2.75, 3.05) is 5.75 Å². The number of hydrogen-bond acceptors (Lipinski definition) is 3. The van der Waals surface area contributed by atoms with Gasteiger partial charge in [-0.1, -0.05) is 20.3 Å². The van der Waals surface area contributed by atoms with Gasteiger partial charge in [-0.2, -0.15) is 0 Å². The molecule has 2 aliphatic rings. The van der Waals surface area contributed by atoms with Gasteiger partial charge in [-0.05, 0) is 38.0 Å². The number of thioether (sulfide) groups is 1. The minimum Gasteiger partial charge on any atom is -0.480 e. The smallest absolute Gasteiger partial charge is 0.327 e. The minimum absolute atomic E-state index is 0.0473. The van der Waals surface area contributed by atoms with Gasteiger partial charge in [-0.15, -0.1) is 11.8 Å². The maximum absolute atomic E-state index is 12.8. The second-order valence-corrected chi connectivity index (χ2v) is 7.34. The van der Waals surface area contributed by atoms with Gasteiger partial charge < -0.3 is 10.0 Å². The normalized spacial score (nSPS) is 34.2. The van der Waals surface area contributed by atoms with Crippen molar-refractivity contribution in [3.63, 3.8) is 0 Å². The van der Waals surface area contributed by atoms with E-state index >= 15 is 0 Å². The van der Waals surface area contributed by atoms with Crippen molar-refractivity contribution in [2.24, 2.45) is 11.8 Å². The molecule has 0 radical (unpaired) electrons. The van der Waals surface area contributed by atoms with Crippen LogP contribution in [0.25, 0.3) is 0 Å². The van der Waals surface area contributed by atoms with E-state index < -0.39 is 12.0 Å². The molecule has 0 spiro atoms. The molecule has 4 nitrogen and oxygen atoms in total. The fraction of sp³-hybridized carbons (Fsp3) is 0.867. The van der Waals surface area contributed by atoms with Crippen molar-refractivity contribution in [1.29, 1.82) is 0 Å². The number of amides is 1. The Labute approximate surface area is 125 Å². The predicted molar refractivity (Wildman–Crippen MR) is 80.5 cm³/mol. The van der Waals surface area contributed by atoms with Crippen LogP contribution in [0.15, 0.2) is 0 Å². The molecule has 2 unspecified atom stereocenters. The first kappa shape index (κ1) is 15.7. The van der Waals surface area contributed by atoms with Crippen LogP contribution >= 0.6 is 11.8 Å². The average Bonchev–Trinajstić information content (AvgIpc) is 2.83. The number of hydrogen-bond donors (Lipinski definition) is 1. The lowest BCUT2D eigenvalue weighted by molar-refractivity contribution is -0.151. The standard InChI is InChI=1S/C15H25NO3S/c1-3-4-13-16(12(9-20-13)15(18)19)14(17)11-7-5-10(2)6-8-11/h10-13H,3-9H2,1-2H3,(H,18,19). The monoisotopic (exact) mass is 299 g/mol. The third-order valence-electron chi connectivity index (χ3n) is 4.53. The zero-order valence-electron chi connectivity index (χ0n) is 12.4. The second kappa shape index (κ2) is 6.83. The van der Waals surface area contributed by atoms with Crippen LogP contribution < -0.4 is 0 Å². The van der Waals surface area contributed by atoms with Gasteiger partial charge >= 0.3 is 5.97 Å². The van der Waals surface area contributed by atoms with Gasteiger partial charge in [0.25, 0.3) is 0 Å². The SMILES string of the molecule is CCCC1SCC(C(=O)O)N1C(=O)C1CCC(C)CC1. The molecule has 0 aromatic heterocycles. The summed E-state index contributed by atoms with van der Waals surface area (Å²) in [4.78, 5) is 25.8. The van der Waals surface area contributed by atoms with E-state index in [9.17, 15) is 14.7 Å². The molecule has 0 aromatic carbocycles. The number of rotatable bonds is 4. The molecule has 1 aliphatic heterocycles. The maximum Gasteiger partial charge on any atom is 0.327 e. The van der Waals surface area contributed by atoms with Crippen LogP contribution in [0.5, 0.6) is 0 Å². The van der Waals surface area contributed by atoms with E-state index in [1.54, 1.807) is 16.7 Å². The summed E-state index contributed by atoms with van der Waals surface area (Å²) in [7, 11) is 0. The molecule has 2 rings (SSSR count). The van der Waals surface area contributed by atoms with Gasteiger partial charge in [0.05, 0.1) is 5.37 Å². The van der Waals surface area contributed by atoms with Crippen molar-refractivity contribution in [2.45, 2.75) is 63.8 Å². The van der Waals surface area contributed by atoms with Gasteiger partial charge in [0.2, 0.25) is 5.91 Å². The van der Waals surface area contributed by atoms with Crippen LogP contribution in [-0.2, 0) is 9.59 Å². The summed E-state index contributed by atoms with van der Waals surface area (Å²) in [6, 6.07) is -0.622. The van der Waals surface area contributed by atoms with E-state index in [4.69, 9.17) is 0 Å². The summed E-state index contributed by atoms with van der Waals surface area (Å²) in [5.74, 6) is 0.524. The quantitative estimate of drug-likeness (QED) is 0.867. The summed E-state index contributed by atoms with van der Waals surface area (Å²) in [6.07, 6.45) is 5.90. The van der Waals surface area contributed by atoms with E-state index in [-0.39, 0.29) is 17.2 Å². The highest BCUT2D eigenvalue weighted by Crippen LogP contribution is 2.37. The fourth-order valence-corrected chi connectivity index (χ4v) is 4.76. The molecule has 1 amide bonds. The van der Waals surface area contributed by atoms with Crippen LogP contribution in [-0.4, -0.2) is 39.1 Å². The second-order valence-electron chi connectivity index (χ2n) is 6.13. The molecular weight excluding hydrogens is 274 g/mol. The molecule has 1 saturated heterocycles. The van der Waals surface area contributed by atoms with Gasteiger partial charge in [0.15, 0.2) is 0 Å². The molecular formula is C15H25NO3S. The molecule has 1 heterocycles. The van der Waals surface area contributed by atoms with E-state index in [2.05, 4.69) is 13.8 Å². The molecule has 20 heavy (non-hydrogen) atoms. The third kappa shape index (κ3) is 3.30. The Bertz CT molecular complexity index is 366. The van der Waals surface area contributed by atoms with Crippen molar-refractivity contribution < 1.29 is 14.7 Å². The molecule has 5 heteroatoms. The van der Waals surface area contributed by atoms with Gasteiger partial charge in [-0.25, -0.2) is 4.79 Å². The van der Waals surface area contributed by atoms with E-state index in [0.717, 1.165) is 38.5 Å². The largest absolute Gasteiger partial charge is 0.480 e. The number of carboxylic acid groups (broad SMARTS) is 1. The van der Waals surface area contributed by atoms with Crippen LogP contribution in [0.4, 0.5) is 0 Å². The highest BCUT2D eigenvalue weighted by Gasteiger charge is 2.43. The summed E-state index contributed by atoms with van der Waals surface area (Å²) >= 11 is 1.63. The fourth-order valence-electron chi connectivity index (χ4n) is 3.24. The molecule has 1 N–H and O–H groups in total. The molecule has 1 saturated carbocycles. The summed E-state index contributed by atoms with van der Waals surface area (Å²) in [6.45, 7) is 4.31.